The Morgan fingerprint density at radius 3 is 2.38 bits per heavy atom. The molecule has 106 valence electrons. The third-order valence-corrected chi connectivity index (χ3v) is 4.12. The summed E-state index contributed by atoms with van der Waals surface area (Å²) in [6, 6.07) is 15.8. The average molecular weight is 316 g/mol. The van der Waals surface area contributed by atoms with Crippen molar-refractivity contribution in [2.24, 2.45) is 12.0 Å². The van der Waals surface area contributed by atoms with Gasteiger partial charge in [0.2, 0.25) is 4.80 Å². The van der Waals surface area contributed by atoms with E-state index < -0.39 is 0 Å². The number of aromatic nitrogens is 2. The lowest BCUT2D eigenvalue weighted by Gasteiger charge is -1.99. The molecule has 2 aromatic carbocycles. The highest BCUT2D eigenvalue weighted by Gasteiger charge is 2.06. The lowest BCUT2D eigenvalue weighted by atomic mass is 10.2. The van der Waals surface area contributed by atoms with E-state index in [2.05, 4.69) is 16.9 Å². The van der Waals surface area contributed by atoms with Crippen molar-refractivity contribution < 1.29 is 0 Å². The second-order valence-electron chi connectivity index (χ2n) is 4.76. The molecule has 1 heterocycles. The molecular weight excluding hydrogens is 302 g/mol. The molecule has 0 aliphatic rings. The summed E-state index contributed by atoms with van der Waals surface area (Å²) in [7, 11) is 1.98. The molecule has 0 radical (unpaired) electrons. The Morgan fingerprint density at radius 1 is 1.05 bits per heavy atom. The first-order valence-corrected chi connectivity index (χ1v) is 7.69. The molecule has 0 aliphatic heterocycles. The normalized spacial score (nSPS) is 11.9. The highest BCUT2D eigenvalue weighted by atomic mass is 35.5. The Bertz CT molecular complexity index is 814. The van der Waals surface area contributed by atoms with Crippen LogP contribution in [0.4, 0.5) is 5.69 Å². The topological polar surface area (TPSA) is 30.2 Å². The van der Waals surface area contributed by atoms with Gasteiger partial charge in [0.1, 0.15) is 0 Å². The number of nitrogens with zero attached hydrogens (tertiary/aromatic N) is 3. The van der Waals surface area contributed by atoms with E-state index in [0.717, 1.165) is 26.9 Å². The van der Waals surface area contributed by atoms with Crippen LogP contribution < -0.4 is 4.80 Å². The molecule has 0 aliphatic carbocycles. The van der Waals surface area contributed by atoms with Gasteiger partial charge < -0.3 is 0 Å². The summed E-state index contributed by atoms with van der Waals surface area (Å²) >= 11 is 7.44. The Morgan fingerprint density at radius 2 is 1.71 bits per heavy atom. The maximum absolute atomic E-state index is 5.92. The summed E-state index contributed by atoms with van der Waals surface area (Å²) in [6.07, 6.45) is 0. The van der Waals surface area contributed by atoms with Crippen molar-refractivity contribution in [3.05, 3.63) is 63.9 Å². The van der Waals surface area contributed by atoms with Gasteiger partial charge in [0, 0.05) is 17.6 Å². The van der Waals surface area contributed by atoms with Crippen molar-refractivity contribution in [1.29, 1.82) is 0 Å². The molecule has 5 heteroatoms. The van der Waals surface area contributed by atoms with E-state index in [9.17, 15) is 0 Å². The third-order valence-electron chi connectivity index (χ3n) is 3.08. The highest BCUT2D eigenvalue weighted by Crippen LogP contribution is 2.19. The van der Waals surface area contributed by atoms with Gasteiger partial charge in [0.15, 0.2) is 5.82 Å². The molecule has 3 aromatic rings. The van der Waals surface area contributed by atoms with Crippen molar-refractivity contribution in [2.75, 3.05) is 0 Å². The van der Waals surface area contributed by atoms with Gasteiger partial charge in [-0.2, -0.15) is 4.98 Å². The fourth-order valence-electron chi connectivity index (χ4n) is 1.97. The third kappa shape index (κ3) is 3.23. The zero-order chi connectivity index (χ0) is 14.8. The van der Waals surface area contributed by atoms with Crippen LogP contribution >= 0.6 is 23.1 Å². The van der Waals surface area contributed by atoms with Crippen molar-refractivity contribution in [2.45, 2.75) is 6.92 Å². The number of aryl methyl sites for hydroxylation is 2. The fourth-order valence-corrected chi connectivity index (χ4v) is 2.84. The second-order valence-corrected chi connectivity index (χ2v) is 6.29. The summed E-state index contributed by atoms with van der Waals surface area (Å²) in [5.41, 5.74) is 3.17. The summed E-state index contributed by atoms with van der Waals surface area (Å²) < 4.78 is 2.01. The molecule has 0 saturated carbocycles. The summed E-state index contributed by atoms with van der Waals surface area (Å²) in [5, 5.41) is 0.723. The zero-order valence-corrected chi connectivity index (χ0v) is 13.3. The molecule has 1 aromatic heterocycles. The van der Waals surface area contributed by atoms with E-state index in [1.807, 2.05) is 59.5 Å². The molecule has 0 spiro atoms. The molecule has 0 atom stereocenters. The molecule has 0 unspecified atom stereocenters. The van der Waals surface area contributed by atoms with Crippen LogP contribution in [0.15, 0.2) is 53.5 Å². The molecule has 0 bridgehead atoms. The van der Waals surface area contributed by atoms with Crippen LogP contribution in [0.25, 0.3) is 11.4 Å². The van der Waals surface area contributed by atoms with Crippen LogP contribution in [0.3, 0.4) is 0 Å². The van der Waals surface area contributed by atoms with E-state index >= 15 is 0 Å². The van der Waals surface area contributed by atoms with Crippen LogP contribution in [0, 0.1) is 6.92 Å². The second kappa shape index (κ2) is 5.84. The first kappa shape index (κ1) is 14.0. The number of rotatable bonds is 2. The summed E-state index contributed by atoms with van der Waals surface area (Å²) in [5.74, 6) is 0.891. The maximum atomic E-state index is 5.92. The smallest absolute Gasteiger partial charge is 0.227 e. The van der Waals surface area contributed by atoms with E-state index in [1.54, 1.807) is 0 Å². The minimum Gasteiger partial charge on any atom is -0.281 e. The molecule has 0 saturated heterocycles. The van der Waals surface area contributed by atoms with Crippen LogP contribution in [0.5, 0.6) is 0 Å². The lowest BCUT2D eigenvalue weighted by Crippen LogP contribution is -1.96. The summed E-state index contributed by atoms with van der Waals surface area (Å²) in [6.45, 7) is 2.06. The Hall–Kier alpha value is -1.91. The van der Waals surface area contributed by atoms with Crippen molar-refractivity contribution in [1.82, 2.24) is 8.94 Å². The van der Waals surface area contributed by atoms with E-state index in [1.165, 1.54) is 17.1 Å². The van der Waals surface area contributed by atoms with Crippen molar-refractivity contribution >= 4 is 28.8 Å². The predicted molar refractivity (Wildman–Crippen MR) is 87.9 cm³/mol. The lowest BCUT2D eigenvalue weighted by molar-refractivity contribution is 1.00. The van der Waals surface area contributed by atoms with Gasteiger partial charge in [-0.15, -0.1) is 0 Å². The van der Waals surface area contributed by atoms with E-state index in [-0.39, 0.29) is 0 Å². The van der Waals surface area contributed by atoms with Gasteiger partial charge in [-0.1, -0.05) is 29.3 Å². The number of halogens is 1. The van der Waals surface area contributed by atoms with Crippen LogP contribution in [0.1, 0.15) is 5.56 Å². The Kier molecular flexibility index (Phi) is 3.90. The van der Waals surface area contributed by atoms with Crippen LogP contribution in [0.2, 0.25) is 5.02 Å². The molecule has 21 heavy (non-hydrogen) atoms. The van der Waals surface area contributed by atoms with Gasteiger partial charge >= 0.3 is 0 Å². The molecule has 0 fully saturated rings. The van der Waals surface area contributed by atoms with Gasteiger partial charge in [-0.05, 0) is 54.9 Å². The van der Waals surface area contributed by atoms with Gasteiger partial charge in [-0.3, -0.25) is 3.96 Å². The molecule has 3 rings (SSSR count). The maximum Gasteiger partial charge on any atom is 0.227 e. The molecule has 0 N–H and O–H groups in total. The molecular formula is C16H14ClN3S. The van der Waals surface area contributed by atoms with Crippen LogP contribution in [-0.4, -0.2) is 8.94 Å². The summed E-state index contributed by atoms with van der Waals surface area (Å²) in [4.78, 5) is 9.91. The van der Waals surface area contributed by atoms with Gasteiger partial charge in [0.05, 0.1) is 5.69 Å². The molecule has 0 amide bonds. The van der Waals surface area contributed by atoms with Crippen molar-refractivity contribution in [3.8, 4) is 11.4 Å². The number of hydrogen-bond donors (Lipinski definition) is 0. The number of hydrogen-bond acceptors (Lipinski definition) is 3. The predicted octanol–water partition coefficient (Wildman–Crippen LogP) is 4.34. The SMILES string of the molecule is Cc1ccc(N=c2nc(-c3ccc(Cl)cc3)n(C)s2)cc1. The highest BCUT2D eigenvalue weighted by molar-refractivity contribution is 7.03. The quantitative estimate of drug-likeness (QED) is 0.691. The zero-order valence-electron chi connectivity index (χ0n) is 11.7. The standard InChI is InChI=1S/C16H14ClN3S/c1-11-3-9-14(10-4-11)18-16-19-15(20(2)21-16)12-5-7-13(17)8-6-12/h3-10H,1-2H3. The van der Waals surface area contributed by atoms with Gasteiger partial charge in [-0.25, -0.2) is 4.99 Å². The minimum absolute atomic E-state index is 0.723. The van der Waals surface area contributed by atoms with Crippen molar-refractivity contribution in [3.63, 3.8) is 0 Å². The minimum atomic E-state index is 0.723. The molecule has 3 nitrogen and oxygen atoms in total. The Labute approximate surface area is 132 Å². The van der Waals surface area contributed by atoms with E-state index in [4.69, 9.17) is 11.6 Å². The fraction of sp³-hybridized carbons (Fsp3) is 0.125. The van der Waals surface area contributed by atoms with Crippen LogP contribution in [-0.2, 0) is 7.05 Å². The average Bonchev–Trinajstić information content (AvgIpc) is 2.83. The first-order valence-electron chi connectivity index (χ1n) is 6.53. The van der Waals surface area contributed by atoms with Gasteiger partial charge in [0.25, 0.3) is 0 Å². The van der Waals surface area contributed by atoms with E-state index in [0.29, 0.717) is 0 Å². The first-order chi connectivity index (χ1) is 10.1. The largest absolute Gasteiger partial charge is 0.281 e. The number of benzene rings is 2. The monoisotopic (exact) mass is 315 g/mol. The Balaban J connectivity index is 2.01.